The maximum absolute atomic E-state index is 13.3. The Kier molecular flexibility index (Phi) is 7.44. The Morgan fingerprint density at radius 3 is 1.89 bits per heavy atom. The number of alkyl halides is 9. The van der Waals surface area contributed by atoms with Gasteiger partial charge < -0.3 is 10.4 Å². The lowest BCUT2D eigenvalue weighted by Crippen LogP contribution is -2.47. The minimum Gasteiger partial charge on any atom is -0.465 e. The molecule has 0 fully saturated rings. The molecule has 1 aliphatic rings. The number of anilines is 1. The van der Waals surface area contributed by atoms with Crippen LogP contribution in [-0.2, 0) is 29.7 Å². The average molecular weight is 542 g/mol. The molecule has 37 heavy (non-hydrogen) atoms. The highest BCUT2D eigenvalue weighted by Gasteiger charge is 2.40. The summed E-state index contributed by atoms with van der Waals surface area (Å²) in [5.41, 5.74) is -5.30. The molecule has 1 aliphatic heterocycles. The molecule has 0 saturated heterocycles. The lowest BCUT2D eigenvalue weighted by atomic mass is 9.88. The Labute approximate surface area is 203 Å². The molecular formula is C23H19F9N2O3. The van der Waals surface area contributed by atoms with E-state index in [1.165, 1.54) is 0 Å². The topological polar surface area (TPSA) is 69.6 Å². The fraction of sp³-hybridized carbons (Fsp3) is 0.391. The minimum atomic E-state index is -5.13. The lowest BCUT2D eigenvalue weighted by molar-refractivity contribution is -0.143. The quantitative estimate of drug-likeness (QED) is 0.417. The summed E-state index contributed by atoms with van der Waals surface area (Å²) in [5, 5.41) is 11.9. The number of hydrogen-bond donors (Lipinski definition) is 2. The molecule has 14 heteroatoms. The predicted molar refractivity (Wildman–Crippen MR) is 112 cm³/mol. The number of fused-ring (bicyclic) bond motifs is 1. The molecule has 0 unspecified atom stereocenters. The number of hydrogen-bond acceptors (Lipinski definition) is 2. The number of halogens is 9. The number of amides is 2. The van der Waals surface area contributed by atoms with Crippen LogP contribution in [0.4, 0.5) is 50.0 Å². The zero-order chi connectivity index (χ0) is 27.9. The number of carbonyl (C=O) groups is 2. The monoisotopic (exact) mass is 542 g/mol. The predicted octanol–water partition coefficient (Wildman–Crippen LogP) is 6.81. The first-order valence-electron chi connectivity index (χ1n) is 10.7. The average Bonchev–Trinajstić information content (AvgIpc) is 2.76. The van der Waals surface area contributed by atoms with Crippen LogP contribution >= 0.6 is 0 Å². The largest absolute Gasteiger partial charge is 0.465 e. The molecule has 0 saturated carbocycles. The van der Waals surface area contributed by atoms with E-state index in [2.05, 4.69) is 5.32 Å². The van der Waals surface area contributed by atoms with Crippen molar-refractivity contribution in [2.24, 2.45) is 0 Å². The zero-order valence-electron chi connectivity index (χ0n) is 18.9. The van der Waals surface area contributed by atoms with Crippen LogP contribution in [0.5, 0.6) is 0 Å². The molecule has 1 heterocycles. The number of nitrogens with one attached hydrogen (secondary N) is 1. The summed E-state index contributed by atoms with van der Waals surface area (Å²) in [6, 6.07) is 0.995. The van der Waals surface area contributed by atoms with Gasteiger partial charge in [-0.3, -0.25) is 9.69 Å². The Morgan fingerprint density at radius 2 is 1.43 bits per heavy atom. The lowest BCUT2D eigenvalue weighted by Gasteiger charge is -2.39. The molecular weight excluding hydrogens is 523 g/mol. The van der Waals surface area contributed by atoms with Gasteiger partial charge in [0.05, 0.1) is 34.8 Å². The van der Waals surface area contributed by atoms with Gasteiger partial charge in [0.15, 0.2) is 0 Å². The SMILES string of the molecule is CC[C@@H]1C[C@H](NC(=O)Cc2cc(C(F)(F)F)cc(C(F)(F)F)c2)c2cc(C(F)(F)F)ccc2N1C(=O)O. The van der Waals surface area contributed by atoms with Crippen LogP contribution in [0.2, 0.25) is 0 Å². The van der Waals surface area contributed by atoms with E-state index in [1.54, 1.807) is 6.92 Å². The van der Waals surface area contributed by atoms with Gasteiger partial charge in [0.25, 0.3) is 0 Å². The molecule has 0 radical (unpaired) electrons. The van der Waals surface area contributed by atoms with Gasteiger partial charge in [-0.05, 0) is 60.4 Å². The molecule has 202 valence electrons. The summed E-state index contributed by atoms with van der Waals surface area (Å²) < 4.78 is 119. The second kappa shape index (κ2) is 9.78. The van der Waals surface area contributed by atoms with Gasteiger partial charge in [-0.1, -0.05) is 6.92 Å². The Bertz CT molecular complexity index is 1160. The number of nitrogens with zero attached hydrogens (tertiary/aromatic N) is 1. The summed E-state index contributed by atoms with van der Waals surface area (Å²) in [6.45, 7) is 1.61. The van der Waals surface area contributed by atoms with Crippen molar-refractivity contribution in [1.29, 1.82) is 0 Å². The normalized spacial score (nSPS) is 18.4. The first-order chi connectivity index (χ1) is 16.9. The second-order valence-corrected chi connectivity index (χ2v) is 8.43. The van der Waals surface area contributed by atoms with E-state index in [4.69, 9.17) is 0 Å². The van der Waals surface area contributed by atoms with Gasteiger partial charge >= 0.3 is 24.6 Å². The third kappa shape index (κ3) is 6.28. The van der Waals surface area contributed by atoms with Crippen LogP contribution in [0, 0.1) is 0 Å². The maximum Gasteiger partial charge on any atom is 0.416 e. The smallest absolute Gasteiger partial charge is 0.416 e. The standard InChI is InChI=1S/C23H19F9N2O3/c1-2-15-10-17(16-9-12(21(24,25)26)3-4-18(16)34(15)20(36)37)33-19(35)7-11-5-13(22(27,28)29)8-14(6-11)23(30,31)32/h3-6,8-9,15,17H,2,7,10H2,1H3,(H,33,35)(H,36,37)/t15-,17+/m1/s1. The maximum atomic E-state index is 13.3. The van der Waals surface area contributed by atoms with Crippen molar-refractivity contribution in [3.8, 4) is 0 Å². The highest BCUT2D eigenvalue weighted by atomic mass is 19.4. The first kappa shape index (κ1) is 28.1. The molecule has 2 atom stereocenters. The fourth-order valence-electron chi connectivity index (χ4n) is 4.23. The number of carbonyl (C=O) groups excluding carboxylic acids is 1. The van der Waals surface area contributed by atoms with E-state index in [9.17, 15) is 54.2 Å². The molecule has 0 aliphatic carbocycles. The van der Waals surface area contributed by atoms with Crippen molar-refractivity contribution in [2.45, 2.75) is 56.8 Å². The molecule has 5 nitrogen and oxygen atoms in total. The van der Waals surface area contributed by atoms with Gasteiger partial charge in [-0.2, -0.15) is 39.5 Å². The molecule has 2 aromatic rings. The molecule has 0 spiro atoms. The summed E-state index contributed by atoms with van der Waals surface area (Å²) in [7, 11) is 0. The van der Waals surface area contributed by atoms with Crippen LogP contribution in [0.3, 0.4) is 0 Å². The van der Waals surface area contributed by atoms with E-state index >= 15 is 0 Å². The van der Waals surface area contributed by atoms with Crippen molar-refractivity contribution in [1.82, 2.24) is 5.32 Å². The highest BCUT2D eigenvalue weighted by Crippen LogP contribution is 2.42. The highest BCUT2D eigenvalue weighted by molar-refractivity contribution is 5.89. The fourth-order valence-corrected chi connectivity index (χ4v) is 4.23. The van der Waals surface area contributed by atoms with Crippen molar-refractivity contribution in [3.05, 3.63) is 64.2 Å². The zero-order valence-corrected chi connectivity index (χ0v) is 18.9. The van der Waals surface area contributed by atoms with Crippen molar-refractivity contribution in [3.63, 3.8) is 0 Å². The molecule has 3 rings (SSSR count). The number of carboxylic acid groups (broad SMARTS) is 1. The van der Waals surface area contributed by atoms with Gasteiger partial charge in [-0.25, -0.2) is 4.79 Å². The van der Waals surface area contributed by atoms with Crippen molar-refractivity contribution < 1.29 is 54.2 Å². The molecule has 0 bridgehead atoms. The molecule has 2 amide bonds. The molecule has 2 aromatic carbocycles. The van der Waals surface area contributed by atoms with Gasteiger partial charge in [0.1, 0.15) is 0 Å². The van der Waals surface area contributed by atoms with Crippen LogP contribution in [0.1, 0.15) is 53.6 Å². The van der Waals surface area contributed by atoms with Crippen LogP contribution in [0.25, 0.3) is 0 Å². The minimum absolute atomic E-state index is 0.0935. The summed E-state index contributed by atoms with van der Waals surface area (Å²) in [4.78, 5) is 25.3. The molecule has 0 aromatic heterocycles. The number of rotatable bonds is 4. The second-order valence-electron chi connectivity index (χ2n) is 8.43. The summed E-state index contributed by atoms with van der Waals surface area (Å²) >= 11 is 0. The molecule has 2 N–H and O–H groups in total. The van der Waals surface area contributed by atoms with Crippen molar-refractivity contribution >= 4 is 17.7 Å². The van der Waals surface area contributed by atoms with E-state index in [-0.39, 0.29) is 30.2 Å². The van der Waals surface area contributed by atoms with Gasteiger partial charge in [0, 0.05) is 6.04 Å². The van der Waals surface area contributed by atoms with Gasteiger partial charge in [-0.15, -0.1) is 0 Å². The first-order valence-corrected chi connectivity index (χ1v) is 10.7. The third-order valence-corrected chi connectivity index (χ3v) is 5.89. The number of benzene rings is 2. The van der Waals surface area contributed by atoms with Crippen LogP contribution in [-0.4, -0.2) is 23.1 Å². The van der Waals surface area contributed by atoms with Crippen molar-refractivity contribution in [2.75, 3.05) is 4.90 Å². The summed E-state index contributed by atoms with van der Waals surface area (Å²) in [6.07, 6.45) is -17.4. The summed E-state index contributed by atoms with van der Waals surface area (Å²) in [5.74, 6) is -1.06. The third-order valence-electron chi connectivity index (χ3n) is 5.89. The van der Waals surface area contributed by atoms with Gasteiger partial charge in [0.2, 0.25) is 5.91 Å². The van der Waals surface area contributed by atoms with E-state index in [1.807, 2.05) is 0 Å². The van der Waals surface area contributed by atoms with Crippen LogP contribution in [0.15, 0.2) is 36.4 Å². The van der Waals surface area contributed by atoms with Crippen LogP contribution < -0.4 is 10.2 Å². The Balaban J connectivity index is 1.97. The van der Waals surface area contributed by atoms with E-state index in [0.29, 0.717) is 24.3 Å². The Hall–Kier alpha value is -3.45. The van der Waals surface area contributed by atoms with E-state index in [0.717, 1.165) is 11.0 Å². The van der Waals surface area contributed by atoms with E-state index < -0.39 is 71.3 Å². The Morgan fingerprint density at radius 1 is 0.892 bits per heavy atom.